The van der Waals surface area contributed by atoms with Gasteiger partial charge in [0.1, 0.15) is 0 Å². The molecule has 1 aromatic rings. The maximum Gasteiger partial charge on any atom is 0.311 e. The van der Waals surface area contributed by atoms with Crippen LogP contribution in [0.5, 0.6) is 5.75 Å². The van der Waals surface area contributed by atoms with Gasteiger partial charge in [-0.05, 0) is 36.9 Å². The van der Waals surface area contributed by atoms with Gasteiger partial charge < -0.3 is 15.2 Å². The van der Waals surface area contributed by atoms with Crippen molar-refractivity contribution in [3.8, 4) is 5.75 Å². The highest BCUT2D eigenvalue weighted by atomic mass is 16.6. The molecule has 0 radical (unpaired) electrons. The number of rotatable bonds is 6. The SMILES string of the molecule is COc1ccc(COC2CCCC2CN)cc1[N+](=O)[O-]. The molecule has 110 valence electrons. The fraction of sp³-hybridized carbons (Fsp3) is 0.571. The van der Waals surface area contributed by atoms with Crippen LogP contribution in [0.1, 0.15) is 24.8 Å². The van der Waals surface area contributed by atoms with Crippen LogP contribution in [0.25, 0.3) is 0 Å². The van der Waals surface area contributed by atoms with Crippen LogP contribution < -0.4 is 10.5 Å². The number of methoxy groups -OCH3 is 1. The lowest BCUT2D eigenvalue weighted by atomic mass is 10.1. The van der Waals surface area contributed by atoms with Crippen LogP contribution in [0.2, 0.25) is 0 Å². The van der Waals surface area contributed by atoms with Gasteiger partial charge in [-0.15, -0.1) is 0 Å². The standard InChI is InChI=1S/C14H20N2O4/c1-19-14-6-5-10(7-12(14)16(17)18)9-20-13-4-2-3-11(13)8-15/h5-7,11,13H,2-4,8-9,15H2,1H3. The minimum atomic E-state index is -0.444. The normalized spacial score (nSPS) is 21.9. The second kappa shape index (κ2) is 6.67. The third kappa shape index (κ3) is 3.26. The summed E-state index contributed by atoms with van der Waals surface area (Å²) in [4.78, 5) is 10.5. The van der Waals surface area contributed by atoms with Gasteiger partial charge >= 0.3 is 5.69 Å². The molecule has 2 unspecified atom stereocenters. The zero-order chi connectivity index (χ0) is 14.5. The second-order valence-electron chi connectivity index (χ2n) is 5.04. The van der Waals surface area contributed by atoms with E-state index in [0.29, 0.717) is 19.1 Å². The highest BCUT2D eigenvalue weighted by molar-refractivity contribution is 5.48. The zero-order valence-electron chi connectivity index (χ0n) is 11.6. The molecule has 0 aromatic heterocycles. The second-order valence-corrected chi connectivity index (χ2v) is 5.04. The molecule has 2 atom stereocenters. The summed E-state index contributed by atoms with van der Waals surface area (Å²) in [6, 6.07) is 4.90. The summed E-state index contributed by atoms with van der Waals surface area (Å²) in [7, 11) is 1.42. The minimum absolute atomic E-state index is 0.0320. The molecular weight excluding hydrogens is 260 g/mol. The summed E-state index contributed by atoms with van der Waals surface area (Å²) < 4.78 is 10.8. The van der Waals surface area contributed by atoms with Crippen LogP contribution in [-0.4, -0.2) is 24.7 Å². The molecule has 20 heavy (non-hydrogen) atoms. The number of nitro benzene ring substituents is 1. The van der Waals surface area contributed by atoms with E-state index < -0.39 is 4.92 Å². The first-order chi connectivity index (χ1) is 9.65. The molecule has 1 aliphatic carbocycles. The number of ether oxygens (including phenoxy) is 2. The molecule has 0 amide bonds. The van der Waals surface area contributed by atoms with E-state index in [2.05, 4.69) is 0 Å². The summed E-state index contributed by atoms with van der Waals surface area (Å²) in [5, 5.41) is 11.0. The van der Waals surface area contributed by atoms with Crippen molar-refractivity contribution in [2.24, 2.45) is 11.7 Å². The van der Waals surface area contributed by atoms with E-state index in [0.717, 1.165) is 24.8 Å². The molecule has 0 saturated heterocycles. The molecule has 1 saturated carbocycles. The topological polar surface area (TPSA) is 87.6 Å². The third-order valence-corrected chi connectivity index (χ3v) is 3.80. The Balaban J connectivity index is 2.03. The Bertz CT molecular complexity index is 478. The van der Waals surface area contributed by atoms with Crippen molar-refractivity contribution in [2.75, 3.05) is 13.7 Å². The lowest BCUT2D eigenvalue weighted by Crippen LogP contribution is -2.25. The highest BCUT2D eigenvalue weighted by Crippen LogP contribution is 2.30. The largest absolute Gasteiger partial charge is 0.490 e. The minimum Gasteiger partial charge on any atom is -0.490 e. The molecule has 6 nitrogen and oxygen atoms in total. The lowest BCUT2D eigenvalue weighted by Gasteiger charge is -2.18. The summed E-state index contributed by atoms with van der Waals surface area (Å²) in [6.07, 6.45) is 3.42. The van der Waals surface area contributed by atoms with Crippen molar-refractivity contribution >= 4 is 5.69 Å². The van der Waals surface area contributed by atoms with Crippen LogP contribution in [0, 0.1) is 16.0 Å². The Morgan fingerprint density at radius 1 is 1.45 bits per heavy atom. The van der Waals surface area contributed by atoms with Gasteiger partial charge in [-0.1, -0.05) is 12.5 Å². The molecule has 2 N–H and O–H groups in total. The van der Waals surface area contributed by atoms with Crippen LogP contribution >= 0.6 is 0 Å². The van der Waals surface area contributed by atoms with Crippen molar-refractivity contribution in [1.82, 2.24) is 0 Å². The average Bonchev–Trinajstić information content (AvgIpc) is 2.92. The number of hydrogen-bond acceptors (Lipinski definition) is 5. The lowest BCUT2D eigenvalue weighted by molar-refractivity contribution is -0.385. The molecule has 1 fully saturated rings. The van der Waals surface area contributed by atoms with Crippen LogP contribution in [0.4, 0.5) is 5.69 Å². The van der Waals surface area contributed by atoms with E-state index in [9.17, 15) is 10.1 Å². The van der Waals surface area contributed by atoms with E-state index in [4.69, 9.17) is 15.2 Å². The molecule has 6 heteroatoms. The quantitative estimate of drug-likeness (QED) is 0.637. The van der Waals surface area contributed by atoms with Crippen LogP contribution in [0.15, 0.2) is 18.2 Å². The van der Waals surface area contributed by atoms with Crippen molar-refractivity contribution in [2.45, 2.75) is 32.0 Å². The maximum absolute atomic E-state index is 11.0. The highest BCUT2D eigenvalue weighted by Gasteiger charge is 2.26. The van der Waals surface area contributed by atoms with Gasteiger partial charge in [0.25, 0.3) is 0 Å². The first kappa shape index (κ1) is 14.7. The molecule has 1 aromatic carbocycles. The Morgan fingerprint density at radius 2 is 2.25 bits per heavy atom. The van der Waals surface area contributed by atoms with Gasteiger partial charge in [-0.2, -0.15) is 0 Å². The van der Waals surface area contributed by atoms with Gasteiger partial charge in [-0.3, -0.25) is 10.1 Å². The number of nitrogens with zero attached hydrogens (tertiary/aromatic N) is 1. The van der Waals surface area contributed by atoms with Crippen LogP contribution in [-0.2, 0) is 11.3 Å². The fourth-order valence-corrected chi connectivity index (χ4v) is 2.66. The van der Waals surface area contributed by atoms with Gasteiger partial charge in [0, 0.05) is 6.07 Å². The Morgan fingerprint density at radius 3 is 2.90 bits per heavy atom. The van der Waals surface area contributed by atoms with E-state index >= 15 is 0 Å². The van der Waals surface area contributed by atoms with Crippen molar-refractivity contribution in [1.29, 1.82) is 0 Å². The van der Waals surface area contributed by atoms with Gasteiger partial charge in [-0.25, -0.2) is 0 Å². The van der Waals surface area contributed by atoms with Crippen molar-refractivity contribution in [3.63, 3.8) is 0 Å². The Labute approximate surface area is 118 Å². The molecule has 1 aliphatic rings. The number of hydrogen-bond donors (Lipinski definition) is 1. The molecule has 2 rings (SSSR count). The predicted molar refractivity (Wildman–Crippen MR) is 74.6 cm³/mol. The predicted octanol–water partition coefficient (Wildman–Crippen LogP) is 2.25. The molecule has 0 bridgehead atoms. The van der Waals surface area contributed by atoms with E-state index in [1.54, 1.807) is 12.1 Å². The van der Waals surface area contributed by atoms with Crippen LogP contribution in [0.3, 0.4) is 0 Å². The van der Waals surface area contributed by atoms with E-state index in [1.165, 1.54) is 13.2 Å². The number of nitro groups is 1. The summed E-state index contributed by atoms with van der Waals surface area (Å²) in [6.45, 7) is 0.999. The molecule has 0 spiro atoms. The zero-order valence-corrected chi connectivity index (χ0v) is 11.6. The fourth-order valence-electron chi connectivity index (χ4n) is 2.66. The molecule has 0 heterocycles. The van der Waals surface area contributed by atoms with Gasteiger partial charge in [0.05, 0.1) is 24.7 Å². The Hall–Kier alpha value is -1.66. The average molecular weight is 280 g/mol. The van der Waals surface area contributed by atoms with E-state index in [1.807, 2.05) is 0 Å². The van der Waals surface area contributed by atoms with Gasteiger partial charge in [0.15, 0.2) is 5.75 Å². The summed E-state index contributed by atoms with van der Waals surface area (Å²) in [5.74, 6) is 0.669. The Kier molecular flexibility index (Phi) is 4.92. The monoisotopic (exact) mass is 280 g/mol. The summed E-state index contributed by atoms with van der Waals surface area (Å²) in [5.41, 5.74) is 6.45. The first-order valence-electron chi connectivity index (χ1n) is 6.78. The van der Waals surface area contributed by atoms with Crippen molar-refractivity contribution in [3.05, 3.63) is 33.9 Å². The molecular formula is C14H20N2O4. The third-order valence-electron chi connectivity index (χ3n) is 3.80. The smallest absolute Gasteiger partial charge is 0.311 e. The maximum atomic E-state index is 11.0. The number of nitrogens with two attached hydrogens (primary N) is 1. The first-order valence-corrected chi connectivity index (χ1v) is 6.78. The van der Waals surface area contributed by atoms with Gasteiger partial charge in [0.2, 0.25) is 0 Å². The van der Waals surface area contributed by atoms with E-state index in [-0.39, 0.29) is 17.5 Å². The summed E-state index contributed by atoms with van der Waals surface area (Å²) >= 11 is 0. The van der Waals surface area contributed by atoms with Crippen molar-refractivity contribution < 1.29 is 14.4 Å². The number of benzene rings is 1. The molecule has 0 aliphatic heterocycles.